The first kappa shape index (κ1) is 27.2. The molecule has 0 spiro atoms. The van der Waals surface area contributed by atoms with Crippen LogP contribution in [0.4, 0.5) is 34.4 Å². The molecule has 2 aromatic carbocycles. The Bertz CT molecular complexity index is 1180. The molecule has 0 bridgehead atoms. The van der Waals surface area contributed by atoms with Gasteiger partial charge < -0.3 is 35.6 Å². The van der Waals surface area contributed by atoms with E-state index in [1.54, 1.807) is 19.2 Å². The molecular weight excluding hydrogens is 478 g/mol. The lowest BCUT2D eigenvalue weighted by Crippen LogP contribution is -2.29. The van der Waals surface area contributed by atoms with Crippen LogP contribution in [0.15, 0.2) is 42.7 Å². The normalized spacial score (nSPS) is 11.4. The Hall–Kier alpha value is -3.43. The van der Waals surface area contributed by atoms with E-state index in [4.69, 9.17) is 26.8 Å². The second-order valence-electron chi connectivity index (χ2n) is 9.73. The largest absolute Gasteiger partial charge is 0.494 e. The Labute approximate surface area is 218 Å². The lowest BCUT2D eigenvalue weighted by atomic mass is 10.2. The van der Waals surface area contributed by atoms with Crippen LogP contribution in [-0.4, -0.2) is 61.8 Å². The average Bonchev–Trinajstić information content (AvgIpc) is 2.79. The van der Waals surface area contributed by atoms with Crippen molar-refractivity contribution in [2.75, 3.05) is 62.6 Å². The van der Waals surface area contributed by atoms with Gasteiger partial charge in [-0.2, -0.15) is 0 Å². The molecule has 0 saturated carbocycles. The summed E-state index contributed by atoms with van der Waals surface area (Å²) in [6.45, 7) is 7.67. The van der Waals surface area contributed by atoms with Crippen molar-refractivity contribution in [3.8, 4) is 11.5 Å². The summed E-state index contributed by atoms with van der Waals surface area (Å²) >= 11 is 6.42. The Morgan fingerprint density at radius 3 is 2.25 bits per heavy atom. The Kier molecular flexibility index (Phi) is 8.70. The summed E-state index contributed by atoms with van der Waals surface area (Å²) in [7, 11) is 7.73. The lowest BCUT2D eigenvalue weighted by molar-refractivity contribution is 0.131. The highest BCUT2D eigenvalue weighted by Crippen LogP contribution is 2.37. The Morgan fingerprint density at radius 2 is 1.64 bits per heavy atom. The van der Waals surface area contributed by atoms with Crippen LogP contribution in [0.2, 0.25) is 5.02 Å². The van der Waals surface area contributed by atoms with Crippen LogP contribution in [0.5, 0.6) is 11.5 Å². The quantitative estimate of drug-likeness (QED) is 0.308. The summed E-state index contributed by atoms with van der Waals surface area (Å²) in [5, 5.41) is 7.05. The van der Waals surface area contributed by atoms with Crippen LogP contribution >= 0.6 is 11.6 Å². The number of nitrogens with two attached hydrogens (primary N) is 1. The van der Waals surface area contributed by atoms with Crippen LogP contribution in [0.25, 0.3) is 0 Å². The molecule has 0 saturated heterocycles. The third-order valence-electron chi connectivity index (χ3n) is 5.19. The topological polar surface area (TPSA) is 101 Å². The molecule has 10 heteroatoms. The minimum atomic E-state index is -0.337. The number of hydrogen-bond acceptors (Lipinski definition) is 9. The number of anilines is 6. The smallest absolute Gasteiger partial charge is 0.144 e. The highest BCUT2D eigenvalue weighted by Gasteiger charge is 2.15. The number of halogens is 1. The molecular formula is C26H36ClN7O2. The van der Waals surface area contributed by atoms with Gasteiger partial charge in [0.25, 0.3) is 0 Å². The van der Waals surface area contributed by atoms with Crippen molar-refractivity contribution in [2.45, 2.75) is 26.4 Å². The fourth-order valence-corrected chi connectivity index (χ4v) is 3.64. The van der Waals surface area contributed by atoms with Crippen LogP contribution in [0.1, 0.15) is 20.8 Å². The van der Waals surface area contributed by atoms with Gasteiger partial charge in [0, 0.05) is 38.0 Å². The summed E-state index contributed by atoms with van der Waals surface area (Å²) in [5.74, 6) is 2.46. The first-order valence-electron chi connectivity index (χ1n) is 11.6. The molecule has 0 unspecified atom stereocenters. The van der Waals surface area contributed by atoms with Crippen molar-refractivity contribution in [2.24, 2.45) is 0 Å². The number of likely N-dealkylation sites (N-methyl/N-ethyl adjacent to an activating group) is 2. The number of benzene rings is 2. The van der Waals surface area contributed by atoms with Gasteiger partial charge >= 0.3 is 0 Å². The molecule has 194 valence electrons. The highest BCUT2D eigenvalue weighted by atomic mass is 35.5. The minimum absolute atomic E-state index is 0.337. The van der Waals surface area contributed by atoms with E-state index in [-0.39, 0.29) is 5.60 Å². The SMILES string of the molecule is COc1cc(N(C)CCN(C)C)c(N)cc1Nc1cc(Nc2ccc(OC(C)(C)C)c(Cl)c2)ncn1. The fourth-order valence-electron chi connectivity index (χ4n) is 3.42. The average molecular weight is 514 g/mol. The van der Waals surface area contributed by atoms with Crippen molar-refractivity contribution in [1.82, 2.24) is 14.9 Å². The number of aromatic nitrogens is 2. The summed E-state index contributed by atoms with van der Waals surface area (Å²) in [6.07, 6.45) is 1.47. The van der Waals surface area contributed by atoms with E-state index in [1.807, 2.05) is 66.2 Å². The molecule has 1 aromatic heterocycles. The summed E-state index contributed by atoms with van der Waals surface area (Å²) in [5.41, 5.74) is 9.07. The van der Waals surface area contributed by atoms with Crippen LogP contribution in [-0.2, 0) is 0 Å². The maximum absolute atomic E-state index is 6.42. The number of nitrogen functional groups attached to an aromatic ring is 1. The van der Waals surface area contributed by atoms with Crippen LogP contribution in [0.3, 0.4) is 0 Å². The molecule has 0 radical (unpaired) electrons. The van der Waals surface area contributed by atoms with Gasteiger partial charge in [0.1, 0.15) is 35.1 Å². The first-order chi connectivity index (χ1) is 16.9. The zero-order valence-corrected chi connectivity index (χ0v) is 22.8. The summed E-state index contributed by atoms with van der Waals surface area (Å²) < 4.78 is 11.5. The second kappa shape index (κ2) is 11.5. The van der Waals surface area contributed by atoms with Gasteiger partial charge in [-0.15, -0.1) is 0 Å². The van der Waals surface area contributed by atoms with Gasteiger partial charge in [0.2, 0.25) is 0 Å². The van der Waals surface area contributed by atoms with Gasteiger partial charge in [0.15, 0.2) is 0 Å². The van der Waals surface area contributed by atoms with E-state index in [1.165, 1.54) is 6.33 Å². The van der Waals surface area contributed by atoms with Gasteiger partial charge in [0.05, 0.1) is 29.2 Å². The van der Waals surface area contributed by atoms with E-state index in [0.717, 1.165) is 24.5 Å². The van der Waals surface area contributed by atoms with Gasteiger partial charge in [-0.1, -0.05) is 11.6 Å². The zero-order chi connectivity index (χ0) is 26.5. The molecule has 0 aliphatic rings. The summed E-state index contributed by atoms with van der Waals surface area (Å²) in [4.78, 5) is 12.9. The third-order valence-corrected chi connectivity index (χ3v) is 5.49. The second-order valence-corrected chi connectivity index (χ2v) is 10.1. The summed E-state index contributed by atoms with van der Waals surface area (Å²) in [6, 6.07) is 11.1. The molecule has 0 atom stereocenters. The maximum Gasteiger partial charge on any atom is 0.144 e. The van der Waals surface area contributed by atoms with E-state index in [2.05, 4.69) is 30.4 Å². The number of rotatable bonds is 10. The van der Waals surface area contributed by atoms with Gasteiger partial charge in [-0.05, 0) is 59.1 Å². The zero-order valence-electron chi connectivity index (χ0n) is 22.0. The molecule has 3 rings (SSSR count). The molecule has 0 aliphatic carbocycles. The van der Waals surface area contributed by atoms with Crippen molar-refractivity contribution in [1.29, 1.82) is 0 Å². The highest BCUT2D eigenvalue weighted by molar-refractivity contribution is 6.32. The molecule has 0 amide bonds. The number of nitrogens with zero attached hydrogens (tertiary/aromatic N) is 4. The fraction of sp³-hybridized carbons (Fsp3) is 0.385. The van der Waals surface area contributed by atoms with E-state index >= 15 is 0 Å². The van der Waals surface area contributed by atoms with Crippen molar-refractivity contribution >= 4 is 46.0 Å². The van der Waals surface area contributed by atoms with E-state index < -0.39 is 0 Å². The Balaban J connectivity index is 1.76. The molecule has 3 aromatic rings. The predicted molar refractivity (Wildman–Crippen MR) is 150 cm³/mol. The van der Waals surface area contributed by atoms with Crippen molar-refractivity contribution < 1.29 is 9.47 Å². The molecule has 0 fully saturated rings. The van der Waals surface area contributed by atoms with Crippen molar-refractivity contribution in [3.05, 3.63) is 47.7 Å². The molecule has 9 nitrogen and oxygen atoms in total. The number of methoxy groups -OCH3 is 1. The molecule has 1 heterocycles. The monoisotopic (exact) mass is 513 g/mol. The van der Waals surface area contributed by atoms with E-state index in [9.17, 15) is 0 Å². The minimum Gasteiger partial charge on any atom is -0.494 e. The molecule has 4 N–H and O–H groups in total. The molecule has 0 aliphatic heterocycles. The van der Waals surface area contributed by atoms with Crippen LogP contribution in [0, 0.1) is 0 Å². The van der Waals surface area contributed by atoms with Crippen LogP contribution < -0.4 is 30.7 Å². The first-order valence-corrected chi connectivity index (χ1v) is 12.0. The predicted octanol–water partition coefficient (Wildman–Crippen LogP) is 5.38. The number of ether oxygens (including phenoxy) is 2. The van der Waals surface area contributed by atoms with Crippen molar-refractivity contribution in [3.63, 3.8) is 0 Å². The van der Waals surface area contributed by atoms with Gasteiger partial charge in [-0.25, -0.2) is 9.97 Å². The third kappa shape index (κ3) is 7.53. The van der Waals surface area contributed by atoms with E-state index in [0.29, 0.717) is 39.5 Å². The Morgan fingerprint density at radius 1 is 0.944 bits per heavy atom. The molecule has 36 heavy (non-hydrogen) atoms. The number of hydrogen-bond donors (Lipinski definition) is 3. The maximum atomic E-state index is 6.42. The van der Waals surface area contributed by atoms with Gasteiger partial charge in [-0.3, -0.25) is 0 Å². The lowest BCUT2D eigenvalue weighted by Gasteiger charge is -2.24. The number of nitrogens with one attached hydrogen (secondary N) is 2. The standard InChI is InChI=1S/C26H36ClN7O2/c1-26(2,3)36-22-9-8-17(12-18(22)27)31-24-15-25(30-16-29-24)32-20-13-19(28)21(14-23(20)35-7)34(6)11-10-33(4)5/h8-9,12-16H,10-11,28H2,1-7H3,(H2,29,30,31,32).